The molecule has 4 aliphatic rings. The van der Waals surface area contributed by atoms with E-state index in [0.29, 0.717) is 0 Å². The summed E-state index contributed by atoms with van der Waals surface area (Å²) < 4.78 is 0. The molecule has 0 spiro atoms. The number of likely N-dealkylation sites (N-methyl/N-ethyl adjacent to an activating group) is 1. The van der Waals surface area contributed by atoms with E-state index >= 15 is 0 Å². The van der Waals surface area contributed by atoms with Crippen molar-refractivity contribution in [2.75, 3.05) is 40.3 Å². The Kier molecular flexibility index (Phi) is 10.4. The van der Waals surface area contributed by atoms with Gasteiger partial charge in [-0.15, -0.1) is 0 Å². The Hall–Kier alpha value is 1.61. The Balaban J connectivity index is 0.000000202. The predicted molar refractivity (Wildman–Crippen MR) is 85.8 cm³/mol. The van der Waals surface area contributed by atoms with Crippen molar-refractivity contribution in [3.63, 3.8) is 0 Å². The quantitative estimate of drug-likeness (QED) is 0.557. The van der Waals surface area contributed by atoms with Crippen LogP contribution in [-0.4, -0.2) is 50.1 Å². The van der Waals surface area contributed by atoms with Crippen LogP contribution in [0.15, 0.2) is 23.3 Å². The van der Waals surface area contributed by atoms with Gasteiger partial charge in [-0.1, -0.05) is 30.6 Å². The van der Waals surface area contributed by atoms with Gasteiger partial charge >= 0.3 is 0 Å². The maximum absolute atomic E-state index is 2.49. The van der Waals surface area contributed by atoms with Gasteiger partial charge in [-0.2, -0.15) is 0 Å². The zero-order chi connectivity index (χ0) is 13.9. The van der Waals surface area contributed by atoms with Gasteiger partial charge < -0.3 is 9.80 Å². The van der Waals surface area contributed by atoms with Crippen LogP contribution >= 0.6 is 0 Å². The summed E-state index contributed by atoms with van der Waals surface area (Å²) in [4.78, 5) is 4.88. The number of likely N-dealkylation sites (tertiary alicyclic amines) is 1. The number of hydrogen-bond acceptors (Lipinski definition) is 2. The molecule has 0 aromatic rings. The van der Waals surface area contributed by atoms with E-state index in [1.807, 2.05) is 0 Å². The van der Waals surface area contributed by atoms with E-state index in [9.17, 15) is 0 Å². The topological polar surface area (TPSA) is 6.48 Å². The summed E-state index contributed by atoms with van der Waals surface area (Å²) in [5.41, 5.74) is 3.26. The standard InChI is InChI=1S/C9H17N.C9H13N.2Y/c2*1-10-6-5-8-3-2-4-9(8)7-10;;/h8-9H,2-7H2,1H3;2,4H,3,5-7H2,1H3;;. The molecule has 0 bridgehead atoms. The third-order valence-corrected chi connectivity index (χ3v) is 5.62. The first kappa shape index (κ1) is 21.7. The molecule has 0 aromatic carbocycles. The maximum atomic E-state index is 2.49. The van der Waals surface area contributed by atoms with E-state index in [4.69, 9.17) is 0 Å². The minimum atomic E-state index is 0. The minimum Gasteiger partial charge on any atom is -0.306 e. The molecule has 22 heavy (non-hydrogen) atoms. The molecule has 0 N–H and O–H groups in total. The monoisotopic (exact) mass is 452 g/mol. The van der Waals surface area contributed by atoms with Gasteiger partial charge in [0.2, 0.25) is 0 Å². The van der Waals surface area contributed by atoms with Crippen LogP contribution in [0.4, 0.5) is 0 Å². The van der Waals surface area contributed by atoms with Crippen molar-refractivity contribution in [2.24, 2.45) is 11.8 Å². The second kappa shape index (κ2) is 10.6. The van der Waals surface area contributed by atoms with Gasteiger partial charge in [0.1, 0.15) is 0 Å². The zero-order valence-electron chi connectivity index (χ0n) is 14.4. The van der Waals surface area contributed by atoms with Crippen molar-refractivity contribution in [2.45, 2.75) is 38.5 Å². The smallest absolute Gasteiger partial charge is 0.0230 e. The molecule has 2 aliphatic carbocycles. The summed E-state index contributed by atoms with van der Waals surface area (Å²) in [7, 11) is 4.45. The van der Waals surface area contributed by atoms with Gasteiger partial charge in [0, 0.05) is 85.1 Å². The van der Waals surface area contributed by atoms with Crippen LogP contribution in [-0.2, 0) is 65.4 Å². The van der Waals surface area contributed by atoms with Crippen molar-refractivity contribution in [1.82, 2.24) is 9.80 Å². The molecule has 2 atom stereocenters. The fourth-order valence-electron chi connectivity index (χ4n) is 4.33. The molecule has 2 heterocycles. The SMILES string of the molecule is CN1CCC2=C(C=CC2)C1.CN1CCC2CCCC2C1.[Y].[Y]. The van der Waals surface area contributed by atoms with Crippen LogP contribution in [0.1, 0.15) is 38.5 Å². The third kappa shape index (κ3) is 5.85. The summed E-state index contributed by atoms with van der Waals surface area (Å²) in [6.07, 6.45) is 13.1. The van der Waals surface area contributed by atoms with Gasteiger partial charge in [0.25, 0.3) is 0 Å². The van der Waals surface area contributed by atoms with E-state index in [1.54, 1.807) is 11.1 Å². The Labute approximate surface area is 187 Å². The van der Waals surface area contributed by atoms with Crippen molar-refractivity contribution < 1.29 is 65.4 Å². The maximum Gasteiger partial charge on any atom is 0.0230 e. The second-order valence-corrected chi connectivity index (χ2v) is 7.23. The molecule has 2 aliphatic heterocycles. The summed E-state index contributed by atoms with van der Waals surface area (Å²) in [5.74, 6) is 2.18. The number of nitrogens with zero attached hydrogens (tertiary/aromatic N) is 2. The number of rotatable bonds is 0. The number of piperidine rings is 1. The fourth-order valence-corrected chi connectivity index (χ4v) is 4.33. The Morgan fingerprint density at radius 2 is 1.73 bits per heavy atom. The van der Waals surface area contributed by atoms with Gasteiger partial charge in [0.05, 0.1) is 0 Å². The molecule has 2 nitrogen and oxygen atoms in total. The third-order valence-electron chi connectivity index (χ3n) is 5.62. The van der Waals surface area contributed by atoms with Crippen LogP contribution in [0.2, 0.25) is 0 Å². The largest absolute Gasteiger partial charge is 0.306 e. The van der Waals surface area contributed by atoms with Gasteiger partial charge in [-0.3, -0.25) is 0 Å². The Morgan fingerprint density at radius 1 is 0.955 bits per heavy atom. The zero-order valence-corrected chi connectivity index (χ0v) is 20.1. The molecule has 2 fully saturated rings. The molecule has 0 aromatic heterocycles. The second-order valence-electron chi connectivity index (χ2n) is 7.23. The summed E-state index contributed by atoms with van der Waals surface area (Å²) >= 11 is 0. The summed E-state index contributed by atoms with van der Waals surface area (Å²) in [6, 6.07) is 0. The van der Waals surface area contributed by atoms with E-state index < -0.39 is 0 Å². The van der Waals surface area contributed by atoms with Crippen LogP contribution in [0.3, 0.4) is 0 Å². The average molecular weight is 452 g/mol. The summed E-state index contributed by atoms with van der Waals surface area (Å²) in [6.45, 7) is 5.15. The van der Waals surface area contributed by atoms with Crippen molar-refractivity contribution in [3.05, 3.63) is 23.3 Å². The molecule has 1 saturated carbocycles. The van der Waals surface area contributed by atoms with Crippen LogP contribution in [0.25, 0.3) is 0 Å². The molecule has 0 amide bonds. The molecule has 2 radical (unpaired) electrons. The van der Waals surface area contributed by atoms with Crippen LogP contribution in [0, 0.1) is 11.8 Å². The van der Waals surface area contributed by atoms with E-state index in [1.165, 1.54) is 64.7 Å². The van der Waals surface area contributed by atoms with Gasteiger partial charge in [-0.25, -0.2) is 0 Å². The molecular weight excluding hydrogens is 422 g/mol. The van der Waals surface area contributed by atoms with Gasteiger partial charge in [-0.05, 0) is 63.7 Å². The molecule has 118 valence electrons. The van der Waals surface area contributed by atoms with Crippen molar-refractivity contribution in [3.8, 4) is 0 Å². The number of allylic oxidation sites excluding steroid dienone is 1. The van der Waals surface area contributed by atoms with Crippen LogP contribution in [0.5, 0.6) is 0 Å². The van der Waals surface area contributed by atoms with E-state index in [2.05, 4.69) is 36.0 Å². The molecular formula is C18H30N2Y2. The first-order chi connectivity index (χ1) is 9.72. The first-order valence-corrected chi connectivity index (χ1v) is 8.47. The fraction of sp³-hybridized carbons (Fsp3) is 0.778. The minimum absolute atomic E-state index is 0. The van der Waals surface area contributed by atoms with Gasteiger partial charge in [0.15, 0.2) is 0 Å². The normalized spacial score (nSPS) is 30.6. The van der Waals surface area contributed by atoms with E-state index in [-0.39, 0.29) is 65.4 Å². The van der Waals surface area contributed by atoms with Crippen molar-refractivity contribution >= 4 is 0 Å². The molecule has 4 heteroatoms. The van der Waals surface area contributed by atoms with E-state index in [0.717, 1.165) is 11.8 Å². The molecule has 1 saturated heterocycles. The number of fused-ring (bicyclic) bond motifs is 1. The average Bonchev–Trinajstić information content (AvgIpc) is 3.06. The molecule has 2 unspecified atom stereocenters. The molecule has 4 rings (SSSR count). The van der Waals surface area contributed by atoms with Crippen molar-refractivity contribution in [1.29, 1.82) is 0 Å². The summed E-state index contributed by atoms with van der Waals surface area (Å²) in [5, 5.41) is 0. The predicted octanol–water partition coefficient (Wildman–Crippen LogP) is 3.31. The number of hydrogen-bond donors (Lipinski definition) is 0. The first-order valence-electron chi connectivity index (χ1n) is 8.47. The Morgan fingerprint density at radius 3 is 2.55 bits per heavy atom. The van der Waals surface area contributed by atoms with Crippen LogP contribution < -0.4 is 0 Å². The Bertz CT molecular complexity index is 406.